The van der Waals surface area contributed by atoms with E-state index in [0.717, 1.165) is 17.9 Å². The van der Waals surface area contributed by atoms with Crippen molar-refractivity contribution in [3.8, 4) is 0 Å². The van der Waals surface area contributed by atoms with Crippen LogP contribution in [0.1, 0.15) is 77.6 Å². The number of carbonyl (C=O) groups excluding carboxylic acids is 1. The number of carbonyl (C=O) groups is 1. The summed E-state index contributed by atoms with van der Waals surface area (Å²) in [6.45, 7) is 1.94. The van der Waals surface area contributed by atoms with Crippen molar-refractivity contribution in [2.45, 2.75) is 82.4 Å². The third-order valence-corrected chi connectivity index (χ3v) is 6.30. The van der Waals surface area contributed by atoms with Gasteiger partial charge in [0, 0.05) is 23.1 Å². The van der Waals surface area contributed by atoms with Crippen LogP contribution >= 0.6 is 11.8 Å². The number of hydrogen-bond acceptors (Lipinski definition) is 3. The van der Waals surface area contributed by atoms with Gasteiger partial charge in [0.15, 0.2) is 5.78 Å². The van der Waals surface area contributed by atoms with Crippen LogP contribution in [0.5, 0.6) is 0 Å². The third-order valence-electron chi connectivity index (χ3n) is 5.23. The van der Waals surface area contributed by atoms with Gasteiger partial charge in [0.25, 0.3) is 0 Å². The first-order chi connectivity index (χ1) is 12.8. The number of hydrogen-bond donors (Lipinski definition) is 0. The maximum absolute atomic E-state index is 12.1. The molecule has 0 saturated carbocycles. The molecule has 0 bridgehead atoms. The van der Waals surface area contributed by atoms with Crippen LogP contribution in [0.25, 0.3) is 0 Å². The zero-order valence-corrected chi connectivity index (χ0v) is 16.8. The van der Waals surface area contributed by atoms with Gasteiger partial charge in [0.1, 0.15) is 0 Å². The molecule has 1 aliphatic carbocycles. The summed E-state index contributed by atoms with van der Waals surface area (Å²) in [5, 5.41) is 1.08. The molecule has 0 N–H and O–H groups in total. The summed E-state index contributed by atoms with van der Waals surface area (Å²) < 4.78 is 0. The number of ketones is 1. The van der Waals surface area contributed by atoms with E-state index in [4.69, 9.17) is 0 Å². The van der Waals surface area contributed by atoms with E-state index < -0.39 is 0 Å². The van der Waals surface area contributed by atoms with Crippen LogP contribution in [0, 0.1) is 0 Å². The summed E-state index contributed by atoms with van der Waals surface area (Å²) in [6, 6.07) is 8.55. The molecule has 0 radical (unpaired) electrons. The summed E-state index contributed by atoms with van der Waals surface area (Å²) in [7, 11) is 0. The molecule has 0 atom stereocenters. The lowest BCUT2D eigenvalue weighted by atomic mass is 10.0. The number of para-hydroxylation sites is 1. The predicted molar refractivity (Wildman–Crippen MR) is 112 cm³/mol. The van der Waals surface area contributed by atoms with Crippen LogP contribution in [-0.2, 0) is 4.79 Å². The highest BCUT2D eigenvalue weighted by molar-refractivity contribution is 8.03. The summed E-state index contributed by atoms with van der Waals surface area (Å²) in [4.78, 5) is 15.7. The summed E-state index contributed by atoms with van der Waals surface area (Å²) >= 11 is 1.74. The predicted octanol–water partition coefficient (Wildman–Crippen LogP) is 7.22. The second kappa shape index (κ2) is 10.0. The van der Waals surface area contributed by atoms with E-state index in [9.17, 15) is 4.79 Å². The largest absolute Gasteiger partial charge is 0.307 e. The topological polar surface area (TPSA) is 20.3 Å². The monoisotopic (exact) mass is 369 g/mol. The minimum atomic E-state index is 0.207. The molecule has 0 fully saturated rings. The van der Waals surface area contributed by atoms with Gasteiger partial charge in [-0.3, -0.25) is 4.79 Å². The second-order valence-corrected chi connectivity index (χ2v) is 8.33. The quantitative estimate of drug-likeness (QED) is 0.525. The highest BCUT2D eigenvalue weighted by atomic mass is 32.2. The number of thioether (sulfide) groups is 1. The average Bonchev–Trinajstić information content (AvgIpc) is 3.00. The zero-order chi connectivity index (χ0) is 18.2. The Hall–Kier alpha value is -1.48. The van der Waals surface area contributed by atoms with Crippen LogP contribution in [0.4, 0.5) is 5.69 Å². The molecule has 1 aliphatic heterocycles. The van der Waals surface area contributed by atoms with Crippen LogP contribution in [0.2, 0.25) is 0 Å². The van der Waals surface area contributed by atoms with Crippen molar-refractivity contribution >= 4 is 23.2 Å². The van der Waals surface area contributed by atoms with Crippen LogP contribution < -0.4 is 4.90 Å². The van der Waals surface area contributed by atoms with Crippen molar-refractivity contribution in [3.63, 3.8) is 0 Å². The fourth-order valence-electron chi connectivity index (χ4n) is 3.72. The number of anilines is 1. The Morgan fingerprint density at radius 1 is 1.04 bits per heavy atom. The number of fused-ring (bicyclic) bond motifs is 1. The molecular formula is C23H31NOS. The number of benzene rings is 1. The Morgan fingerprint density at radius 3 is 2.50 bits per heavy atom. The van der Waals surface area contributed by atoms with E-state index in [1.165, 1.54) is 67.6 Å². The first kappa shape index (κ1) is 19.3. The zero-order valence-electron chi connectivity index (χ0n) is 16.0. The minimum absolute atomic E-state index is 0.207. The van der Waals surface area contributed by atoms with Gasteiger partial charge >= 0.3 is 0 Å². The van der Waals surface area contributed by atoms with Crippen LogP contribution in [0.15, 0.2) is 52.0 Å². The van der Waals surface area contributed by atoms with Gasteiger partial charge in [-0.2, -0.15) is 0 Å². The molecule has 2 nitrogen and oxygen atoms in total. The third kappa shape index (κ3) is 5.03. The maximum Gasteiger partial charge on any atom is 0.158 e. The second-order valence-electron chi connectivity index (χ2n) is 7.27. The molecular weight excluding hydrogens is 338 g/mol. The van der Waals surface area contributed by atoms with Crippen molar-refractivity contribution in [1.82, 2.24) is 0 Å². The molecule has 0 unspecified atom stereocenters. The molecule has 1 heterocycles. The Balaban J connectivity index is 1.89. The first-order valence-corrected chi connectivity index (χ1v) is 11.1. The van der Waals surface area contributed by atoms with E-state index in [1.54, 1.807) is 11.8 Å². The lowest BCUT2D eigenvalue weighted by Gasteiger charge is -2.24. The van der Waals surface area contributed by atoms with E-state index in [1.807, 2.05) is 13.0 Å². The SMILES string of the molecule is CCC(=O)/C=C1\Sc2ccccc2N1/C1=C\CCCCCCCCCC1. The molecule has 1 aromatic rings. The summed E-state index contributed by atoms with van der Waals surface area (Å²) in [5.74, 6) is 0.207. The molecule has 0 spiro atoms. The van der Waals surface area contributed by atoms with E-state index in [0.29, 0.717) is 6.42 Å². The molecule has 26 heavy (non-hydrogen) atoms. The van der Waals surface area contributed by atoms with Crippen LogP contribution in [-0.4, -0.2) is 5.78 Å². The normalized spacial score (nSPS) is 22.9. The highest BCUT2D eigenvalue weighted by Gasteiger charge is 2.27. The van der Waals surface area contributed by atoms with Gasteiger partial charge in [-0.15, -0.1) is 0 Å². The van der Waals surface area contributed by atoms with Gasteiger partial charge < -0.3 is 4.90 Å². The smallest absolute Gasteiger partial charge is 0.158 e. The molecule has 0 aromatic heterocycles. The van der Waals surface area contributed by atoms with Gasteiger partial charge in [-0.05, 0) is 37.8 Å². The van der Waals surface area contributed by atoms with Crippen LogP contribution in [0.3, 0.4) is 0 Å². The molecule has 1 aromatic carbocycles. The average molecular weight is 370 g/mol. The Morgan fingerprint density at radius 2 is 1.73 bits per heavy atom. The fourth-order valence-corrected chi connectivity index (χ4v) is 4.85. The minimum Gasteiger partial charge on any atom is -0.307 e. The Bertz CT molecular complexity index is 677. The van der Waals surface area contributed by atoms with Crippen molar-refractivity contribution in [2.24, 2.45) is 0 Å². The molecule has 3 rings (SSSR count). The van der Waals surface area contributed by atoms with Gasteiger partial charge in [-0.25, -0.2) is 0 Å². The highest BCUT2D eigenvalue weighted by Crippen LogP contribution is 2.48. The van der Waals surface area contributed by atoms with Crippen molar-refractivity contribution in [2.75, 3.05) is 4.90 Å². The maximum atomic E-state index is 12.1. The van der Waals surface area contributed by atoms with E-state index >= 15 is 0 Å². The standard InChI is InChI=1S/C23H31NOS/c1-2-20(25)18-23-24(21-16-12-13-17-22(21)26-23)19-14-10-8-6-4-3-5-7-9-11-15-19/h12-14,16-18H,2-11,15H2,1H3/b19-14-,23-18-. The lowest BCUT2D eigenvalue weighted by Crippen LogP contribution is -2.18. The summed E-state index contributed by atoms with van der Waals surface area (Å²) in [5.41, 5.74) is 2.63. The van der Waals surface area contributed by atoms with Crippen molar-refractivity contribution in [3.05, 3.63) is 47.1 Å². The van der Waals surface area contributed by atoms with Gasteiger partial charge in [0.2, 0.25) is 0 Å². The van der Waals surface area contributed by atoms with Crippen molar-refractivity contribution in [1.29, 1.82) is 0 Å². The Kier molecular flexibility index (Phi) is 7.43. The molecule has 3 heteroatoms. The fraction of sp³-hybridized carbons (Fsp3) is 0.522. The van der Waals surface area contributed by atoms with Crippen molar-refractivity contribution < 1.29 is 4.79 Å². The molecule has 2 aliphatic rings. The lowest BCUT2D eigenvalue weighted by molar-refractivity contribution is -0.114. The number of rotatable bonds is 3. The Labute approximate surface area is 162 Å². The van der Waals surface area contributed by atoms with E-state index in [2.05, 4.69) is 35.2 Å². The number of nitrogens with zero attached hydrogens (tertiary/aromatic N) is 1. The first-order valence-electron chi connectivity index (χ1n) is 10.3. The number of allylic oxidation sites excluding steroid dienone is 3. The molecule has 140 valence electrons. The van der Waals surface area contributed by atoms with E-state index in [-0.39, 0.29) is 5.78 Å². The molecule has 0 saturated heterocycles. The van der Waals surface area contributed by atoms with Gasteiger partial charge in [0.05, 0.1) is 10.7 Å². The van der Waals surface area contributed by atoms with Gasteiger partial charge in [-0.1, -0.05) is 75.4 Å². The summed E-state index contributed by atoms with van der Waals surface area (Å²) in [6.07, 6.45) is 17.8. The molecule has 0 amide bonds.